The van der Waals surface area contributed by atoms with Crippen LogP contribution in [0.1, 0.15) is 38.2 Å². The second kappa shape index (κ2) is 6.11. The minimum absolute atomic E-state index is 0.210. The summed E-state index contributed by atoms with van der Waals surface area (Å²) in [7, 11) is 0. The van der Waals surface area contributed by atoms with Gasteiger partial charge in [-0.2, -0.15) is 0 Å². The third kappa shape index (κ3) is 3.54. The number of aliphatic carboxylic acids is 1. The lowest BCUT2D eigenvalue weighted by Gasteiger charge is -2.12. The Balaban J connectivity index is 2.92. The summed E-state index contributed by atoms with van der Waals surface area (Å²) in [5.74, 6) is -0.626. The van der Waals surface area contributed by atoms with Gasteiger partial charge in [0.1, 0.15) is 0 Å². The van der Waals surface area contributed by atoms with E-state index in [0.29, 0.717) is 5.57 Å². The molecule has 0 aliphatic rings. The number of rotatable bonds is 5. The lowest BCUT2D eigenvalue weighted by molar-refractivity contribution is -0.132. The summed E-state index contributed by atoms with van der Waals surface area (Å²) in [6, 6.07) is 10.0. The zero-order chi connectivity index (χ0) is 12.0. The van der Waals surface area contributed by atoms with Crippen molar-refractivity contribution in [3.8, 4) is 0 Å². The number of hydrogen-bond acceptors (Lipinski definition) is 1. The van der Waals surface area contributed by atoms with Gasteiger partial charge < -0.3 is 5.11 Å². The van der Waals surface area contributed by atoms with Gasteiger partial charge in [-0.1, -0.05) is 49.8 Å². The molecule has 2 nitrogen and oxygen atoms in total. The normalized spacial score (nSPS) is 13.5. The molecule has 0 saturated heterocycles. The minimum atomic E-state index is -0.836. The van der Waals surface area contributed by atoms with Crippen LogP contribution in [-0.4, -0.2) is 11.1 Å². The predicted octanol–water partition coefficient (Wildman–Crippen LogP) is 3.60. The first kappa shape index (κ1) is 12.5. The fraction of sp³-hybridized carbons (Fsp3) is 0.357. The Morgan fingerprint density at radius 1 is 1.38 bits per heavy atom. The van der Waals surface area contributed by atoms with Crippen molar-refractivity contribution in [1.82, 2.24) is 0 Å². The van der Waals surface area contributed by atoms with Crippen LogP contribution in [0.5, 0.6) is 0 Å². The second-order valence-corrected chi connectivity index (χ2v) is 3.96. The molecule has 0 aromatic heterocycles. The largest absolute Gasteiger partial charge is 0.478 e. The average molecular weight is 218 g/mol. The summed E-state index contributed by atoms with van der Waals surface area (Å²) in [5, 5.41) is 8.88. The quantitative estimate of drug-likeness (QED) is 0.767. The fourth-order valence-corrected chi connectivity index (χ4v) is 1.73. The zero-order valence-corrected chi connectivity index (χ0v) is 9.81. The molecule has 1 rings (SSSR count). The SMILES string of the molecule is CCCC(C=C(C)C(=O)O)c1ccccc1. The van der Waals surface area contributed by atoms with Gasteiger partial charge in [0.05, 0.1) is 0 Å². The number of carbonyl (C=O) groups is 1. The Labute approximate surface area is 96.6 Å². The lowest BCUT2D eigenvalue weighted by atomic mass is 9.92. The highest BCUT2D eigenvalue weighted by molar-refractivity contribution is 5.85. The standard InChI is InChI=1S/C14H18O2/c1-3-7-13(10-11(2)14(15)16)12-8-5-4-6-9-12/h4-6,8-10,13H,3,7H2,1-2H3,(H,15,16). The van der Waals surface area contributed by atoms with Gasteiger partial charge in [0.15, 0.2) is 0 Å². The number of benzene rings is 1. The molecule has 16 heavy (non-hydrogen) atoms. The van der Waals surface area contributed by atoms with E-state index < -0.39 is 5.97 Å². The van der Waals surface area contributed by atoms with Crippen LogP contribution in [0.2, 0.25) is 0 Å². The Hall–Kier alpha value is -1.57. The Morgan fingerprint density at radius 3 is 2.50 bits per heavy atom. The average Bonchev–Trinajstić information content (AvgIpc) is 2.29. The Morgan fingerprint density at radius 2 is 2.00 bits per heavy atom. The van der Waals surface area contributed by atoms with Crippen LogP contribution in [0.25, 0.3) is 0 Å². The van der Waals surface area contributed by atoms with Crippen molar-refractivity contribution in [2.75, 3.05) is 0 Å². The molecule has 86 valence electrons. The van der Waals surface area contributed by atoms with E-state index in [1.807, 2.05) is 36.4 Å². The lowest BCUT2D eigenvalue weighted by Crippen LogP contribution is -2.01. The van der Waals surface area contributed by atoms with Crippen LogP contribution >= 0.6 is 0 Å². The molecule has 1 atom stereocenters. The van der Waals surface area contributed by atoms with Gasteiger partial charge in [0, 0.05) is 11.5 Å². The smallest absolute Gasteiger partial charge is 0.330 e. The number of allylic oxidation sites excluding steroid dienone is 1. The highest BCUT2D eigenvalue weighted by atomic mass is 16.4. The molecule has 1 N–H and O–H groups in total. The van der Waals surface area contributed by atoms with Crippen molar-refractivity contribution in [1.29, 1.82) is 0 Å². The molecular weight excluding hydrogens is 200 g/mol. The molecule has 1 aromatic carbocycles. The van der Waals surface area contributed by atoms with E-state index in [9.17, 15) is 4.79 Å². The van der Waals surface area contributed by atoms with E-state index in [-0.39, 0.29) is 5.92 Å². The Kier molecular flexibility index (Phi) is 4.77. The van der Waals surface area contributed by atoms with Gasteiger partial charge in [0.2, 0.25) is 0 Å². The van der Waals surface area contributed by atoms with Crippen LogP contribution in [0, 0.1) is 0 Å². The van der Waals surface area contributed by atoms with Gasteiger partial charge in [0.25, 0.3) is 0 Å². The summed E-state index contributed by atoms with van der Waals surface area (Å²) in [4.78, 5) is 10.8. The fourth-order valence-electron chi connectivity index (χ4n) is 1.73. The van der Waals surface area contributed by atoms with E-state index >= 15 is 0 Å². The Bertz CT molecular complexity index is 366. The maximum absolute atomic E-state index is 10.8. The van der Waals surface area contributed by atoms with Gasteiger partial charge in [-0.05, 0) is 18.9 Å². The third-order valence-electron chi connectivity index (χ3n) is 2.62. The molecule has 1 unspecified atom stereocenters. The third-order valence-corrected chi connectivity index (χ3v) is 2.62. The van der Waals surface area contributed by atoms with Crippen molar-refractivity contribution in [3.63, 3.8) is 0 Å². The maximum atomic E-state index is 10.8. The molecule has 0 aliphatic heterocycles. The van der Waals surface area contributed by atoms with Crippen LogP contribution in [0.4, 0.5) is 0 Å². The molecule has 0 aliphatic carbocycles. The molecule has 0 saturated carbocycles. The number of hydrogen-bond donors (Lipinski definition) is 1. The molecule has 0 radical (unpaired) electrons. The van der Waals surface area contributed by atoms with E-state index in [1.165, 1.54) is 5.56 Å². The van der Waals surface area contributed by atoms with Gasteiger partial charge in [-0.15, -0.1) is 0 Å². The molecule has 0 fully saturated rings. The summed E-state index contributed by atoms with van der Waals surface area (Å²) in [6.07, 6.45) is 3.87. The summed E-state index contributed by atoms with van der Waals surface area (Å²) in [6.45, 7) is 3.76. The molecule has 0 heterocycles. The summed E-state index contributed by atoms with van der Waals surface area (Å²) >= 11 is 0. The molecule has 1 aromatic rings. The number of carboxylic acid groups (broad SMARTS) is 1. The predicted molar refractivity (Wildman–Crippen MR) is 65.5 cm³/mol. The molecular formula is C14H18O2. The van der Waals surface area contributed by atoms with Gasteiger partial charge >= 0.3 is 5.97 Å². The van der Waals surface area contributed by atoms with Crippen molar-refractivity contribution in [2.24, 2.45) is 0 Å². The first-order valence-electron chi connectivity index (χ1n) is 5.61. The minimum Gasteiger partial charge on any atom is -0.478 e. The highest BCUT2D eigenvalue weighted by Crippen LogP contribution is 2.23. The van der Waals surface area contributed by atoms with E-state index in [2.05, 4.69) is 6.92 Å². The second-order valence-electron chi connectivity index (χ2n) is 3.96. The van der Waals surface area contributed by atoms with Crippen molar-refractivity contribution >= 4 is 5.97 Å². The van der Waals surface area contributed by atoms with Crippen molar-refractivity contribution in [2.45, 2.75) is 32.6 Å². The molecule has 0 amide bonds. The van der Waals surface area contributed by atoms with E-state index in [0.717, 1.165) is 12.8 Å². The highest BCUT2D eigenvalue weighted by Gasteiger charge is 2.09. The molecule has 0 spiro atoms. The number of carboxylic acids is 1. The van der Waals surface area contributed by atoms with E-state index in [4.69, 9.17) is 5.11 Å². The van der Waals surface area contributed by atoms with Crippen molar-refractivity contribution < 1.29 is 9.90 Å². The van der Waals surface area contributed by atoms with Gasteiger partial charge in [-0.25, -0.2) is 4.79 Å². The first-order valence-corrected chi connectivity index (χ1v) is 5.61. The monoisotopic (exact) mass is 218 g/mol. The first-order chi connectivity index (χ1) is 7.65. The van der Waals surface area contributed by atoms with Crippen LogP contribution in [-0.2, 0) is 4.79 Å². The summed E-state index contributed by atoms with van der Waals surface area (Å²) < 4.78 is 0. The van der Waals surface area contributed by atoms with Gasteiger partial charge in [-0.3, -0.25) is 0 Å². The maximum Gasteiger partial charge on any atom is 0.330 e. The van der Waals surface area contributed by atoms with Crippen LogP contribution in [0.3, 0.4) is 0 Å². The van der Waals surface area contributed by atoms with Crippen LogP contribution < -0.4 is 0 Å². The van der Waals surface area contributed by atoms with Crippen molar-refractivity contribution in [3.05, 3.63) is 47.5 Å². The molecule has 0 bridgehead atoms. The van der Waals surface area contributed by atoms with Crippen LogP contribution in [0.15, 0.2) is 42.0 Å². The van der Waals surface area contributed by atoms with E-state index in [1.54, 1.807) is 6.92 Å². The summed E-state index contributed by atoms with van der Waals surface area (Å²) in [5.41, 5.74) is 1.60. The topological polar surface area (TPSA) is 37.3 Å². The zero-order valence-electron chi connectivity index (χ0n) is 9.81. The molecule has 2 heteroatoms.